The predicted octanol–water partition coefficient (Wildman–Crippen LogP) is 3.23. The molecule has 0 amide bonds. The molecule has 1 aliphatic carbocycles. The van der Waals surface area contributed by atoms with Gasteiger partial charge < -0.3 is 14.6 Å². The number of benzene rings is 1. The van der Waals surface area contributed by atoms with E-state index in [1.54, 1.807) is 4.57 Å². The Balaban J connectivity index is 1.96. The van der Waals surface area contributed by atoms with Gasteiger partial charge in [-0.3, -0.25) is 9.69 Å². The number of hydrogen-bond donors (Lipinski definition) is 1. The number of piperazine rings is 1. The van der Waals surface area contributed by atoms with E-state index < -0.39 is 28.6 Å². The molecule has 1 aliphatic heterocycles. The summed E-state index contributed by atoms with van der Waals surface area (Å²) in [5.41, 5.74) is -1.23. The number of carbonyl (C=O) groups is 1. The number of carboxylic acids is 1. The standard InChI is InChI=1S/C21H25F2N3O3/c1-3-6-24-7-8-25(11-12(24)2)20-17(21(28)29)19(27)15-9-13(22)10-16(23)18(15)26(20)14-4-5-14/h9-10,12,14H,3-8,11H2,1-2H3,(H,28,29). The van der Waals surface area contributed by atoms with E-state index in [9.17, 15) is 23.5 Å². The highest BCUT2D eigenvalue weighted by Crippen LogP contribution is 2.42. The van der Waals surface area contributed by atoms with Crippen molar-refractivity contribution in [2.24, 2.45) is 0 Å². The molecule has 2 aliphatic rings. The highest BCUT2D eigenvalue weighted by Gasteiger charge is 2.36. The second-order valence-corrected chi connectivity index (χ2v) is 8.05. The van der Waals surface area contributed by atoms with Gasteiger partial charge in [-0.15, -0.1) is 0 Å². The van der Waals surface area contributed by atoms with E-state index in [1.165, 1.54) is 0 Å². The van der Waals surface area contributed by atoms with E-state index in [-0.39, 0.29) is 28.8 Å². The van der Waals surface area contributed by atoms with Gasteiger partial charge in [0, 0.05) is 37.8 Å². The summed E-state index contributed by atoms with van der Waals surface area (Å²) < 4.78 is 30.3. The number of carboxylic acid groups (broad SMARTS) is 1. The molecule has 1 atom stereocenters. The van der Waals surface area contributed by atoms with Gasteiger partial charge >= 0.3 is 5.97 Å². The molecule has 1 N–H and O–H groups in total. The smallest absolute Gasteiger partial charge is 0.343 e. The second kappa shape index (κ2) is 7.40. The maximum absolute atomic E-state index is 14.8. The number of halogens is 2. The molecule has 2 heterocycles. The van der Waals surface area contributed by atoms with Crippen molar-refractivity contribution < 1.29 is 18.7 Å². The van der Waals surface area contributed by atoms with Crippen LogP contribution in [0.25, 0.3) is 10.9 Å². The molecule has 4 rings (SSSR count). The Hall–Kier alpha value is -2.48. The average Bonchev–Trinajstić information content (AvgIpc) is 3.48. The minimum Gasteiger partial charge on any atom is -0.477 e. The molecule has 1 saturated heterocycles. The van der Waals surface area contributed by atoms with E-state index in [0.717, 1.165) is 44.5 Å². The van der Waals surface area contributed by atoms with Crippen molar-refractivity contribution in [1.82, 2.24) is 9.47 Å². The third-order valence-electron chi connectivity index (χ3n) is 5.89. The largest absolute Gasteiger partial charge is 0.477 e. The van der Waals surface area contributed by atoms with Crippen molar-refractivity contribution in [3.63, 3.8) is 0 Å². The summed E-state index contributed by atoms with van der Waals surface area (Å²) in [5, 5.41) is 9.65. The first-order valence-electron chi connectivity index (χ1n) is 10.1. The average molecular weight is 405 g/mol. The van der Waals surface area contributed by atoms with Crippen molar-refractivity contribution >= 4 is 22.7 Å². The Morgan fingerprint density at radius 2 is 1.97 bits per heavy atom. The van der Waals surface area contributed by atoms with Crippen LogP contribution in [0.4, 0.5) is 14.6 Å². The van der Waals surface area contributed by atoms with Gasteiger partial charge in [0.1, 0.15) is 17.2 Å². The van der Waals surface area contributed by atoms with Gasteiger partial charge in [0.05, 0.1) is 10.9 Å². The van der Waals surface area contributed by atoms with Crippen molar-refractivity contribution in [3.8, 4) is 0 Å². The van der Waals surface area contributed by atoms with Crippen LogP contribution < -0.4 is 10.3 Å². The SMILES string of the molecule is CCCN1CCN(c2c(C(=O)O)c(=O)c3cc(F)cc(F)c3n2C2CC2)CC1C. The van der Waals surface area contributed by atoms with Crippen LogP contribution in [0.5, 0.6) is 0 Å². The minimum atomic E-state index is -1.37. The lowest BCUT2D eigenvalue weighted by atomic mass is 10.1. The van der Waals surface area contributed by atoms with E-state index in [0.29, 0.717) is 13.1 Å². The van der Waals surface area contributed by atoms with Gasteiger partial charge in [-0.05, 0) is 38.8 Å². The second-order valence-electron chi connectivity index (χ2n) is 8.05. The molecule has 29 heavy (non-hydrogen) atoms. The van der Waals surface area contributed by atoms with Crippen molar-refractivity contribution in [2.75, 3.05) is 31.1 Å². The normalized spacial score (nSPS) is 20.4. The summed E-state index contributed by atoms with van der Waals surface area (Å²) in [7, 11) is 0. The molecule has 1 aromatic heterocycles. The Labute approximate surface area is 167 Å². The minimum absolute atomic E-state index is 0.00235. The van der Waals surface area contributed by atoms with Crippen LogP contribution in [0.1, 0.15) is 49.5 Å². The Bertz CT molecular complexity index is 1030. The quantitative estimate of drug-likeness (QED) is 0.827. The van der Waals surface area contributed by atoms with Gasteiger partial charge in [-0.1, -0.05) is 6.92 Å². The number of rotatable bonds is 5. The lowest BCUT2D eigenvalue weighted by Gasteiger charge is -2.42. The summed E-state index contributed by atoms with van der Waals surface area (Å²) in [6, 6.07) is 1.78. The monoisotopic (exact) mass is 405 g/mol. The van der Waals surface area contributed by atoms with Crippen molar-refractivity contribution in [3.05, 3.63) is 39.6 Å². The molecule has 1 unspecified atom stereocenters. The first-order valence-corrected chi connectivity index (χ1v) is 10.1. The zero-order valence-corrected chi connectivity index (χ0v) is 16.6. The van der Waals surface area contributed by atoms with E-state index in [1.807, 2.05) is 4.90 Å². The maximum Gasteiger partial charge on any atom is 0.343 e. The lowest BCUT2D eigenvalue weighted by Crippen LogP contribution is -2.53. The zero-order chi connectivity index (χ0) is 20.9. The maximum atomic E-state index is 14.8. The topological polar surface area (TPSA) is 65.8 Å². The first-order chi connectivity index (χ1) is 13.8. The number of pyridine rings is 1. The molecule has 2 fully saturated rings. The molecule has 1 saturated carbocycles. The van der Waals surface area contributed by atoms with Crippen LogP contribution >= 0.6 is 0 Å². The van der Waals surface area contributed by atoms with E-state index in [4.69, 9.17) is 0 Å². The molecular weight excluding hydrogens is 380 g/mol. The predicted molar refractivity (Wildman–Crippen MR) is 107 cm³/mol. The summed E-state index contributed by atoms with van der Waals surface area (Å²) >= 11 is 0. The first kappa shape index (κ1) is 19.8. The number of aromatic nitrogens is 1. The molecule has 8 heteroatoms. The lowest BCUT2D eigenvalue weighted by molar-refractivity contribution is 0.0695. The fraction of sp³-hybridized carbons (Fsp3) is 0.524. The van der Waals surface area contributed by atoms with E-state index in [2.05, 4.69) is 18.7 Å². The van der Waals surface area contributed by atoms with Crippen LogP contribution in [0.15, 0.2) is 16.9 Å². The van der Waals surface area contributed by atoms with Gasteiger partial charge in [0.2, 0.25) is 5.43 Å². The van der Waals surface area contributed by atoms with Crippen LogP contribution in [0.2, 0.25) is 0 Å². The van der Waals surface area contributed by atoms with Crippen molar-refractivity contribution in [2.45, 2.75) is 45.2 Å². The van der Waals surface area contributed by atoms with Gasteiger partial charge in [-0.2, -0.15) is 0 Å². The molecule has 1 aromatic carbocycles. The molecule has 0 spiro atoms. The van der Waals surface area contributed by atoms with Crippen molar-refractivity contribution in [1.29, 1.82) is 0 Å². The number of hydrogen-bond acceptors (Lipinski definition) is 4. The third-order valence-corrected chi connectivity index (χ3v) is 5.89. The molecule has 0 bridgehead atoms. The summed E-state index contributed by atoms with van der Waals surface area (Å²) in [6.07, 6.45) is 2.56. The highest BCUT2D eigenvalue weighted by atomic mass is 19.1. The molecule has 6 nitrogen and oxygen atoms in total. The number of aromatic carboxylic acids is 1. The van der Waals surface area contributed by atoms with Crippen LogP contribution in [0.3, 0.4) is 0 Å². The fourth-order valence-corrected chi connectivity index (χ4v) is 4.44. The fourth-order valence-electron chi connectivity index (χ4n) is 4.44. The molecule has 0 radical (unpaired) electrons. The molecule has 156 valence electrons. The summed E-state index contributed by atoms with van der Waals surface area (Å²) in [5.74, 6) is -2.83. The number of nitrogens with zero attached hydrogens (tertiary/aromatic N) is 3. The van der Waals surface area contributed by atoms with Crippen LogP contribution in [0, 0.1) is 11.6 Å². The van der Waals surface area contributed by atoms with Gasteiger partial charge in [0.25, 0.3) is 0 Å². The number of anilines is 1. The third kappa shape index (κ3) is 3.39. The molecule has 2 aromatic rings. The molecular formula is C21H25F2N3O3. The van der Waals surface area contributed by atoms with Crippen LogP contribution in [-0.4, -0.2) is 52.8 Å². The highest BCUT2D eigenvalue weighted by molar-refractivity contribution is 5.99. The summed E-state index contributed by atoms with van der Waals surface area (Å²) in [6.45, 7) is 6.95. The zero-order valence-electron chi connectivity index (χ0n) is 16.6. The van der Waals surface area contributed by atoms with E-state index >= 15 is 0 Å². The van der Waals surface area contributed by atoms with Gasteiger partial charge in [-0.25, -0.2) is 13.6 Å². The summed E-state index contributed by atoms with van der Waals surface area (Å²) in [4.78, 5) is 29.3. The number of fused-ring (bicyclic) bond motifs is 1. The Morgan fingerprint density at radius 1 is 1.24 bits per heavy atom. The van der Waals surface area contributed by atoms with Crippen LogP contribution in [-0.2, 0) is 0 Å². The Morgan fingerprint density at radius 3 is 2.55 bits per heavy atom. The van der Waals surface area contributed by atoms with Gasteiger partial charge in [0.15, 0.2) is 5.82 Å². The Kier molecular flexibility index (Phi) is 5.06.